The normalized spacial score (nSPS) is 10.4. The van der Waals surface area contributed by atoms with Gasteiger partial charge in [-0.2, -0.15) is 0 Å². The van der Waals surface area contributed by atoms with Gasteiger partial charge in [0.1, 0.15) is 0 Å². The average Bonchev–Trinajstić information content (AvgIpc) is 2.31. The molecule has 0 N–H and O–H groups in total. The Bertz CT molecular complexity index is 457. The highest BCUT2D eigenvalue weighted by Gasteiger charge is 1.99. The predicted molar refractivity (Wildman–Crippen MR) is 68.4 cm³/mol. The molecule has 1 nitrogen and oxygen atoms in total. The number of pyridine rings is 1. The van der Waals surface area contributed by atoms with Gasteiger partial charge >= 0.3 is 0 Å². The lowest BCUT2D eigenvalue weighted by Crippen LogP contribution is -1.86. The second-order valence-electron chi connectivity index (χ2n) is 4.14. The Balaban J connectivity index is 2.32. The zero-order valence-corrected chi connectivity index (χ0v) is 9.90. The van der Waals surface area contributed by atoms with Crippen LogP contribution in [0.3, 0.4) is 0 Å². The lowest BCUT2D eigenvalue weighted by molar-refractivity contribution is 0.922. The van der Waals surface area contributed by atoms with Crippen molar-refractivity contribution in [1.82, 2.24) is 4.98 Å². The third-order valence-electron chi connectivity index (χ3n) is 2.71. The summed E-state index contributed by atoms with van der Waals surface area (Å²) in [6.07, 6.45) is 4.28. The summed E-state index contributed by atoms with van der Waals surface area (Å²) >= 11 is 0. The Labute approximate surface area is 97.2 Å². The Hall–Kier alpha value is -1.63. The van der Waals surface area contributed by atoms with E-state index in [1.165, 1.54) is 23.1 Å². The van der Waals surface area contributed by atoms with Gasteiger partial charge in [0.25, 0.3) is 0 Å². The van der Waals surface area contributed by atoms with Crippen LogP contribution in [0.4, 0.5) is 0 Å². The molecule has 1 aromatic carbocycles. The van der Waals surface area contributed by atoms with E-state index in [9.17, 15) is 0 Å². The van der Waals surface area contributed by atoms with Crippen LogP contribution in [-0.2, 0) is 6.42 Å². The summed E-state index contributed by atoms with van der Waals surface area (Å²) in [5, 5.41) is 0. The first-order valence-corrected chi connectivity index (χ1v) is 5.81. The van der Waals surface area contributed by atoms with Crippen molar-refractivity contribution in [3.63, 3.8) is 0 Å². The number of aryl methyl sites for hydroxylation is 2. The summed E-state index contributed by atoms with van der Waals surface area (Å²) in [5.41, 5.74) is 4.93. The molecule has 0 amide bonds. The first-order chi connectivity index (χ1) is 7.79. The molecule has 0 radical (unpaired) electrons. The summed E-state index contributed by atoms with van der Waals surface area (Å²) in [4.78, 5) is 4.33. The average molecular weight is 211 g/mol. The van der Waals surface area contributed by atoms with Gasteiger partial charge in [-0.05, 0) is 30.5 Å². The molecule has 0 atom stereocenters. The number of hydrogen-bond acceptors (Lipinski definition) is 1. The SMILES string of the molecule is CCCc1cccc(-c2ccc(C)nc2)c1. The molecule has 0 aliphatic carbocycles. The quantitative estimate of drug-likeness (QED) is 0.747. The number of hydrogen-bond donors (Lipinski definition) is 0. The largest absolute Gasteiger partial charge is 0.261 e. The smallest absolute Gasteiger partial charge is 0.0373 e. The van der Waals surface area contributed by atoms with E-state index in [1.807, 2.05) is 13.1 Å². The highest BCUT2D eigenvalue weighted by molar-refractivity contribution is 5.63. The van der Waals surface area contributed by atoms with Crippen LogP contribution in [-0.4, -0.2) is 4.98 Å². The first kappa shape index (κ1) is 10.9. The molecule has 0 bridgehead atoms. The highest BCUT2D eigenvalue weighted by Crippen LogP contribution is 2.20. The molecule has 0 aliphatic heterocycles. The first-order valence-electron chi connectivity index (χ1n) is 5.81. The second-order valence-corrected chi connectivity index (χ2v) is 4.14. The summed E-state index contributed by atoms with van der Waals surface area (Å²) in [5.74, 6) is 0. The van der Waals surface area contributed by atoms with Crippen molar-refractivity contribution in [2.45, 2.75) is 26.7 Å². The van der Waals surface area contributed by atoms with Crippen LogP contribution in [0.1, 0.15) is 24.6 Å². The summed E-state index contributed by atoms with van der Waals surface area (Å²) in [6, 6.07) is 12.9. The van der Waals surface area contributed by atoms with Gasteiger partial charge in [-0.3, -0.25) is 4.98 Å². The molecule has 2 aromatic rings. The molecule has 1 heterocycles. The molecule has 1 aromatic heterocycles. The number of aromatic nitrogens is 1. The van der Waals surface area contributed by atoms with Crippen molar-refractivity contribution < 1.29 is 0 Å². The van der Waals surface area contributed by atoms with Crippen LogP contribution in [0.5, 0.6) is 0 Å². The van der Waals surface area contributed by atoms with Crippen LogP contribution in [0, 0.1) is 6.92 Å². The van der Waals surface area contributed by atoms with Gasteiger partial charge in [-0.1, -0.05) is 43.7 Å². The molecule has 0 aliphatic rings. The molecule has 0 saturated carbocycles. The summed E-state index contributed by atoms with van der Waals surface area (Å²) in [7, 11) is 0. The molecular weight excluding hydrogens is 194 g/mol. The van der Waals surface area contributed by atoms with Gasteiger partial charge in [0.2, 0.25) is 0 Å². The third kappa shape index (κ3) is 2.48. The van der Waals surface area contributed by atoms with E-state index in [1.54, 1.807) is 0 Å². The zero-order chi connectivity index (χ0) is 11.4. The number of rotatable bonds is 3. The topological polar surface area (TPSA) is 12.9 Å². The van der Waals surface area contributed by atoms with Crippen molar-refractivity contribution in [2.24, 2.45) is 0 Å². The van der Waals surface area contributed by atoms with Crippen LogP contribution in [0.25, 0.3) is 11.1 Å². The maximum atomic E-state index is 4.33. The number of nitrogens with zero attached hydrogens (tertiary/aromatic N) is 1. The van der Waals surface area contributed by atoms with E-state index in [2.05, 4.69) is 48.3 Å². The Morgan fingerprint density at radius 2 is 1.94 bits per heavy atom. The molecule has 1 heteroatoms. The molecule has 82 valence electrons. The standard InChI is InChI=1S/C15H17N/c1-3-5-13-6-4-7-14(10-13)15-9-8-12(2)16-11-15/h4,6-11H,3,5H2,1-2H3. The van der Waals surface area contributed by atoms with Crippen LogP contribution >= 0.6 is 0 Å². The minimum Gasteiger partial charge on any atom is -0.261 e. The summed E-state index contributed by atoms with van der Waals surface area (Å²) in [6.45, 7) is 4.22. The maximum absolute atomic E-state index is 4.33. The van der Waals surface area contributed by atoms with Crippen molar-refractivity contribution in [3.8, 4) is 11.1 Å². The molecule has 16 heavy (non-hydrogen) atoms. The van der Waals surface area contributed by atoms with E-state index >= 15 is 0 Å². The molecule has 0 saturated heterocycles. The molecular formula is C15H17N. The number of benzene rings is 1. The predicted octanol–water partition coefficient (Wildman–Crippen LogP) is 4.01. The van der Waals surface area contributed by atoms with Gasteiger partial charge in [0.15, 0.2) is 0 Å². The highest BCUT2D eigenvalue weighted by atomic mass is 14.7. The second kappa shape index (κ2) is 4.93. The van der Waals surface area contributed by atoms with Gasteiger partial charge in [0, 0.05) is 17.5 Å². The Morgan fingerprint density at radius 3 is 2.62 bits per heavy atom. The Kier molecular flexibility index (Phi) is 3.35. The van der Waals surface area contributed by atoms with Gasteiger partial charge in [-0.25, -0.2) is 0 Å². The monoisotopic (exact) mass is 211 g/mol. The van der Waals surface area contributed by atoms with E-state index in [4.69, 9.17) is 0 Å². The van der Waals surface area contributed by atoms with Gasteiger partial charge in [-0.15, -0.1) is 0 Å². The van der Waals surface area contributed by atoms with Crippen molar-refractivity contribution in [3.05, 3.63) is 53.9 Å². The minimum absolute atomic E-state index is 1.06. The maximum Gasteiger partial charge on any atom is 0.0373 e. The van der Waals surface area contributed by atoms with Gasteiger partial charge in [0.05, 0.1) is 0 Å². The van der Waals surface area contributed by atoms with E-state index in [-0.39, 0.29) is 0 Å². The van der Waals surface area contributed by atoms with E-state index in [0.717, 1.165) is 12.1 Å². The van der Waals surface area contributed by atoms with Gasteiger partial charge < -0.3 is 0 Å². The molecule has 0 spiro atoms. The van der Waals surface area contributed by atoms with Crippen LogP contribution in [0.15, 0.2) is 42.6 Å². The van der Waals surface area contributed by atoms with Crippen LogP contribution < -0.4 is 0 Å². The van der Waals surface area contributed by atoms with Crippen molar-refractivity contribution in [2.75, 3.05) is 0 Å². The lowest BCUT2D eigenvalue weighted by atomic mass is 10.0. The fourth-order valence-electron chi connectivity index (χ4n) is 1.83. The van der Waals surface area contributed by atoms with Crippen molar-refractivity contribution in [1.29, 1.82) is 0 Å². The fourth-order valence-corrected chi connectivity index (χ4v) is 1.83. The molecule has 0 fully saturated rings. The zero-order valence-electron chi connectivity index (χ0n) is 9.90. The molecule has 0 unspecified atom stereocenters. The minimum atomic E-state index is 1.06. The third-order valence-corrected chi connectivity index (χ3v) is 2.71. The fraction of sp³-hybridized carbons (Fsp3) is 0.267. The summed E-state index contributed by atoms with van der Waals surface area (Å²) < 4.78 is 0. The van der Waals surface area contributed by atoms with Crippen LogP contribution in [0.2, 0.25) is 0 Å². The van der Waals surface area contributed by atoms with Crippen molar-refractivity contribution >= 4 is 0 Å². The Morgan fingerprint density at radius 1 is 1.06 bits per heavy atom. The van der Waals surface area contributed by atoms with E-state index < -0.39 is 0 Å². The molecule has 2 rings (SSSR count). The van der Waals surface area contributed by atoms with E-state index in [0.29, 0.717) is 0 Å². The lowest BCUT2D eigenvalue weighted by Gasteiger charge is -2.04.